The second-order valence-corrected chi connectivity index (χ2v) is 4.24. The highest BCUT2D eigenvalue weighted by Gasteiger charge is 2.09. The molecule has 0 saturated carbocycles. The van der Waals surface area contributed by atoms with Crippen LogP contribution < -0.4 is 5.32 Å². The van der Waals surface area contributed by atoms with Crippen LogP contribution in [-0.2, 0) is 6.54 Å². The van der Waals surface area contributed by atoms with E-state index in [0.717, 1.165) is 16.9 Å². The number of carbonyl (C=O) groups is 1. The van der Waals surface area contributed by atoms with E-state index in [2.05, 4.69) is 25.7 Å². The van der Waals surface area contributed by atoms with Crippen LogP contribution in [0.4, 0.5) is 0 Å². The number of carbonyl (C=O) groups excluding carboxylic acids is 1. The lowest BCUT2D eigenvalue weighted by Crippen LogP contribution is -2.23. The highest BCUT2D eigenvalue weighted by Crippen LogP contribution is 2.07. The Morgan fingerprint density at radius 3 is 3.21 bits per heavy atom. The van der Waals surface area contributed by atoms with Gasteiger partial charge in [-0.15, -0.1) is 0 Å². The standard InChI is InChI=1S/C12H12N6O/c1-8-2-3-18-7-9(15-11(18)4-8)5-13-12(19)10-6-14-17-16-10/h2-4,6-7H,5H2,1H3,(H,13,19)(H,14,16,17). The number of hydrogen-bond donors (Lipinski definition) is 2. The number of H-pyrrole nitrogens is 1. The summed E-state index contributed by atoms with van der Waals surface area (Å²) in [5, 5.41) is 12.4. The van der Waals surface area contributed by atoms with Gasteiger partial charge < -0.3 is 9.72 Å². The maximum atomic E-state index is 11.7. The molecule has 1 amide bonds. The number of nitrogens with one attached hydrogen (secondary N) is 2. The highest BCUT2D eigenvalue weighted by atomic mass is 16.1. The molecule has 0 aliphatic rings. The first-order valence-electron chi connectivity index (χ1n) is 5.80. The van der Waals surface area contributed by atoms with Gasteiger partial charge in [-0.3, -0.25) is 4.79 Å². The Hall–Kier alpha value is -2.70. The number of hydrogen-bond acceptors (Lipinski definition) is 4. The van der Waals surface area contributed by atoms with Gasteiger partial charge in [-0.1, -0.05) is 0 Å². The van der Waals surface area contributed by atoms with Crippen molar-refractivity contribution in [3.63, 3.8) is 0 Å². The van der Waals surface area contributed by atoms with E-state index in [4.69, 9.17) is 0 Å². The van der Waals surface area contributed by atoms with E-state index in [1.165, 1.54) is 6.20 Å². The van der Waals surface area contributed by atoms with E-state index < -0.39 is 0 Å². The molecule has 7 nitrogen and oxygen atoms in total. The number of nitrogens with zero attached hydrogens (tertiary/aromatic N) is 4. The third kappa shape index (κ3) is 2.30. The minimum absolute atomic E-state index is 0.264. The third-order valence-electron chi connectivity index (χ3n) is 2.74. The van der Waals surface area contributed by atoms with Crippen molar-refractivity contribution in [1.29, 1.82) is 0 Å². The summed E-state index contributed by atoms with van der Waals surface area (Å²) in [5.41, 5.74) is 3.07. The number of amides is 1. The van der Waals surface area contributed by atoms with Crippen molar-refractivity contribution in [2.45, 2.75) is 13.5 Å². The molecule has 96 valence electrons. The molecule has 3 heterocycles. The molecule has 0 unspecified atom stereocenters. The molecule has 0 bridgehead atoms. The smallest absolute Gasteiger partial charge is 0.273 e. The van der Waals surface area contributed by atoms with Crippen molar-refractivity contribution < 1.29 is 4.79 Å². The largest absolute Gasteiger partial charge is 0.345 e. The molecule has 19 heavy (non-hydrogen) atoms. The molecule has 2 N–H and O–H groups in total. The molecule has 7 heteroatoms. The summed E-state index contributed by atoms with van der Waals surface area (Å²) in [5.74, 6) is -0.276. The van der Waals surface area contributed by atoms with Gasteiger partial charge in [0.1, 0.15) is 5.65 Å². The Bertz CT molecular complexity index is 715. The number of aromatic amines is 1. The first kappa shape index (κ1) is 11.4. The summed E-state index contributed by atoms with van der Waals surface area (Å²) in [7, 11) is 0. The second-order valence-electron chi connectivity index (χ2n) is 4.24. The van der Waals surface area contributed by atoms with E-state index >= 15 is 0 Å². The van der Waals surface area contributed by atoms with Gasteiger partial charge in [0.15, 0.2) is 5.69 Å². The maximum Gasteiger partial charge on any atom is 0.273 e. The van der Waals surface area contributed by atoms with Gasteiger partial charge in [0, 0.05) is 12.4 Å². The normalized spacial score (nSPS) is 10.8. The van der Waals surface area contributed by atoms with Crippen molar-refractivity contribution in [2.24, 2.45) is 0 Å². The van der Waals surface area contributed by atoms with Crippen LogP contribution in [0.3, 0.4) is 0 Å². The van der Waals surface area contributed by atoms with Crippen LogP contribution >= 0.6 is 0 Å². The predicted molar refractivity (Wildman–Crippen MR) is 67.5 cm³/mol. The SMILES string of the molecule is Cc1ccn2cc(CNC(=O)c3cn[nH]n3)nc2c1. The maximum absolute atomic E-state index is 11.7. The average Bonchev–Trinajstić information content (AvgIpc) is 3.04. The molecule has 0 atom stereocenters. The zero-order valence-electron chi connectivity index (χ0n) is 10.3. The number of rotatable bonds is 3. The number of pyridine rings is 1. The van der Waals surface area contributed by atoms with Crippen molar-refractivity contribution >= 4 is 11.6 Å². The third-order valence-corrected chi connectivity index (χ3v) is 2.74. The van der Waals surface area contributed by atoms with Crippen LogP contribution in [0.25, 0.3) is 5.65 Å². The van der Waals surface area contributed by atoms with Gasteiger partial charge in [0.05, 0.1) is 18.4 Å². The summed E-state index contributed by atoms with van der Waals surface area (Å²) >= 11 is 0. The van der Waals surface area contributed by atoms with Gasteiger partial charge in [-0.2, -0.15) is 15.4 Å². The molecule has 3 rings (SSSR count). The lowest BCUT2D eigenvalue weighted by Gasteiger charge is -1.98. The molecular formula is C12H12N6O. The van der Waals surface area contributed by atoms with Crippen LogP contribution in [-0.4, -0.2) is 30.7 Å². The Kier molecular flexibility index (Phi) is 2.71. The molecule has 0 fully saturated rings. The Balaban J connectivity index is 1.73. The van der Waals surface area contributed by atoms with E-state index in [-0.39, 0.29) is 11.6 Å². The predicted octanol–water partition coefficient (Wildman–Crippen LogP) is 0.691. The summed E-state index contributed by atoms with van der Waals surface area (Å²) in [6.07, 6.45) is 5.21. The van der Waals surface area contributed by atoms with Gasteiger partial charge in [0.2, 0.25) is 0 Å². The molecule has 3 aromatic heterocycles. The van der Waals surface area contributed by atoms with Crippen LogP contribution in [0.5, 0.6) is 0 Å². The fraction of sp³-hybridized carbons (Fsp3) is 0.167. The molecular weight excluding hydrogens is 244 g/mol. The van der Waals surface area contributed by atoms with Crippen LogP contribution in [0.2, 0.25) is 0 Å². The van der Waals surface area contributed by atoms with E-state index in [9.17, 15) is 4.79 Å². The highest BCUT2D eigenvalue weighted by molar-refractivity contribution is 5.91. The molecule has 3 aromatic rings. The van der Waals surface area contributed by atoms with Gasteiger partial charge in [-0.25, -0.2) is 4.98 Å². The zero-order chi connectivity index (χ0) is 13.2. The van der Waals surface area contributed by atoms with Crippen molar-refractivity contribution in [1.82, 2.24) is 30.1 Å². The summed E-state index contributed by atoms with van der Waals surface area (Å²) < 4.78 is 1.92. The van der Waals surface area contributed by atoms with Crippen LogP contribution in [0.15, 0.2) is 30.7 Å². The topological polar surface area (TPSA) is 88.0 Å². The molecule has 0 radical (unpaired) electrons. The summed E-state index contributed by atoms with van der Waals surface area (Å²) in [6, 6.07) is 4.00. The Morgan fingerprint density at radius 2 is 2.42 bits per heavy atom. The second kappa shape index (κ2) is 4.52. The fourth-order valence-electron chi connectivity index (χ4n) is 1.79. The summed E-state index contributed by atoms with van der Waals surface area (Å²) in [4.78, 5) is 16.1. The molecule has 0 aliphatic heterocycles. The molecule has 0 aromatic carbocycles. The molecule has 0 saturated heterocycles. The number of aromatic nitrogens is 5. The average molecular weight is 256 g/mol. The first-order valence-corrected chi connectivity index (χ1v) is 5.80. The van der Waals surface area contributed by atoms with Gasteiger partial charge in [-0.05, 0) is 24.6 Å². The van der Waals surface area contributed by atoms with Crippen LogP contribution in [0, 0.1) is 6.92 Å². The van der Waals surface area contributed by atoms with E-state index in [1.54, 1.807) is 0 Å². The number of aryl methyl sites for hydroxylation is 1. The van der Waals surface area contributed by atoms with Crippen molar-refractivity contribution in [3.05, 3.63) is 47.7 Å². The number of imidazole rings is 1. The van der Waals surface area contributed by atoms with Crippen molar-refractivity contribution in [2.75, 3.05) is 0 Å². The quantitative estimate of drug-likeness (QED) is 0.721. The fourth-order valence-corrected chi connectivity index (χ4v) is 1.79. The zero-order valence-corrected chi connectivity index (χ0v) is 10.3. The van der Waals surface area contributed by atoms with Crippen LogP contribution in [0.1, 0.15) is 21.7 Å². The summed E-state index contributed by atoms with van der Waals surface area (Å²) in [6.45, 7) is 2.37. The lowest BCUT2D eigenvalue weighted by molar-refractivity contribution is 0.0945. The Labute approximate surface area is 108 Å². The van der Waals surface area contributed by atoms with Crippen molar-refractivity contribution in [3.8, 4) is 0 Å². The Morgan fingerprint density at radius 1 is 1.53 bits per heavy atom. The van der Waals surface area contributed by atoms with E-state index in [1.807, 2.05) is 35.9 Å². The molecule has 0 aliphatic carbocycles. The monoisotopic (exact) mass is 256 g/mol. The minimum atomic E-state index is -0.276. The minimum Gasteiger partial charge on any atom is -0.345 e. The van der Waals surface area contributed by atoms with Gasteiger partial charge >= 0.3 is 0 Å². The lowest BCUT2D eigenvalue weighted by atomic mass is 10.3. The number of fused-ring (bicyclic) bond motifs is 1. The molecule has 0 spiro atoms. The first-order chi connectivity index (χ1) is 9.22. The van der Waals surface area contributed by atoms with E-state index in [0.29, 0.717) is 6.54 Å². The van der Waals surface area contributed by atoms with Gasteiger partial charge in [0.25, 0.3) is 5.91 Å².